The number of nitrogens with one attached hydrogen (secondary N) is 1. The van der Waals surface area contributed by atoms with Crippen molar-refractivity contribution in [2.45, 2.75) is 6.42 Å². The fraction of sp³-hybridized carbons (Fsp3) is 0.188. The van der Waals surface area contributed by atoms with Crippen LogP contribution in [-0.2, 0) is 6.42 Å². The van der Waals surface area contributed by atoms with Crippen LogP contribution in [0.15, 0.2) is 42.5 Å². The van der Waals surface area contributed by atoms with E-state index in [0.29, 0.717) is 12.1 Å². The highest BCUT2D eigenvalue weighted by molar-refractivity contribution is 6.06. The van der Waals surface area contributed by atoms with Gasteiger partial charge in [0.1, 0.15) is 0 Å². The first-order chi connectivity index (χ1) is 10.2. The van der Waals surface area contributed by atoms with Crippen molar-refractivity contribution in [2.75, 3.05) is 19.0 Å². The number of benzene rings is 2. The highest BCUT2D eigenvalue weighted by Gasteiger charge is 2.14. The van der Waals surface area contributed by atoms with E-state index in [2.05, 4.69) is 5.32 Å². The van der Waals surface area contributed by atoms with Gasteiger partial charge >= 0.3 is 0 Å². The third kappa shape index (κ3) is 3.52. The van der Waals surface area contributed by atoms with Crippen molar-refractivity contribution in [1.82, 2.24) is 0 Å². The number of phenolic OH excluding ortho intramolecular Hbond substituents is 1. The quantitative estimate of drug-likeness (QED) is 0.787. The van der Waals surface area contributed by atoms with E-state index in [1.165, 1.54) is 13.2 Å². The molecule has 0 aliphatic rings. The van der Waals surface area contributed by atoms with Crippen LogP contribution in [0.5, 0.6) is 11.5 Å². The monoisotopic (exact) mass is 287 g/mol. The van der Waals surface area contributed by atoms with Gasteiger partial charge in [0.2, 0.25) is 0 Å². The van der Waals surface area contributed by atoms with Gasteiger partial charge in [0.05, 0.1) is 12.7 Å². The van der Waals surface area contributed by atoms with Crippen LogP contribution in [-0.4, -0.2) is 29.8 Å². The molecule has 0 spiro atoms. The van der Waals surface area contributed by atoms with Crippen LogP contribution in [0.3, 0.4) is 0 Å². The van der Waals surface area contributed by atoms with E-state index in [1.54, 1.807) is 24.3 Å². The molecule has 2 aromatic rings. The number of aliphatic hydroxyl groups excluding tert-OH is 1. The van der Waals surface area contributed by atoms with Gasteiger partial charge in [-0.3, -0.25) is 4.79 Å². The Morgan fingerprint density at radius 2 is 1.90 bits per heavy atom. The molecule has 0 aromatic heterocycles. The molecular formula is C16H17NO4. The second kappa shape index (κ2) is 6.76. The van der Waals surface area contributed by atoms with Crippen LogP contribution >= 0.6 is 0 Å². The highest BCUT2D eigenvalue weighted by Crippen LogP contribution is 2.29. The average Bonchev–Trinajstić information content (AvgIpc) is 2.49. The summed E-state index contributed by atoms with van der Waals surface area (Å²) < 4.78 is 4.97. The average molecular weight is 287 g/mol. The van der Waals surface area contributed by atoms with Crippen LogP contribution in [0.2, 0.25) is 0 Å². The molecule has 2 rings (SSSR count). The Labute approximate surface area is 122 Å². The van der Waals surface area contributed by atoms with E-state index >= 15 is 0 Å². The van der Waals surface area contributed by atoms with E-state index in [1.807, 2.05) is 12.1 Å². The molecule has 0 unspecified atom stereocenters. The summed E-state index contributed by atoms with van der Waals surface area (Å²) in [5, 5.41) is 21.5. The molecule has 0 radical (unpaired) electrons. The predicted molar refractivity (Wildman–Crippen MR) is 79.8 cm³/mol. The smallest absolute Gasteiger partial charge is 0.259 e. The molecule has 0 aliphatic heterocycles. The number of methoxy groups -OCH3 is 1. The molecule has 0 heterocycles. The van der Waals surface area contributed by atoms with E-state index in [9.17, 15) is 9.90 Å². The lowest BCUT2D eigenvalue weighted by molar-refractivity contribution is 0.102. The first-order valence-electron chi connectivity index (χ1n) is 6.53. The van der Waals surface area contributed by atoms with Gasteiger partial charge in [0, 0.05) is 12.3 Å². The van der Waals surface area contributed by atoms with Crippen LogP contribution in [0.1, 0.15) is 15.9 Å². The Morgan fingerprint density at radius 1 is 1.19 bits per heavy atom. The lowest BCUT2D eigenvalue weighted by atomic mass is 10.1. The molecule has 5 heteroatoms. The van der Waals surface area contributed by atoms with Gasteiger partial charge in [0.15, 0.2) is 11.5 Å². The van der Waals surface area contributed by atoms with Crippen LogP contribution < -0.4 is 10.1 Å². The van der Waals surface area contributed by atoms with Crippen molar-refractivity contribution in [3.63, 3.8) is 0 Å². The number of hydrogen-bond donors (Lipinski definition) is 3. The van der Waals surface area contributed by atoms with E-state index in [0.717, 1.165) is 5.56 Å². The lowest BCUT2D eigenvalue weighted by Crippen LogP contribution is -2.12. The second-order valence-electron chi connectivity index (χ2n) is 4.48. The Morgan fingerprint density at radius 3 is 2.52 bits per heavy atom. The van der Waals surface area contributed by atoms with E-state index < -0.39 is 5.91 Å². The van der Waals surface area contributed by atoms with Gasteiger partial charge in [-0.1, -0.05) is 18.2 Å². The zero-order valence-corrected chi connectivity index (χ0v) is 11.7. The fourth-order valence-corrected chi connectivity index (χ4v) is 1.95. The minimum Gasteiger partial charge on any atom is -0.504 e. The number of aliphatic hydroxyl groups is 1. The zero-order valence-electron chi connectivity index (χ0n) is 11.7. The van der Waals surface area contributed by atoms with E-state index in [-0.39, 0.29) is 23.7 Å². The van der Waals surface area contributed by atoms with Gasteiger partial charge in [-0.25, -0.2) is 0 Å². The fourth-order valence-electron chi connectivity index (χ4n) is 1.95. The normalized spacial score (nSPS) is 10.2. The molecule has 21 heavy (non-hydrogen) atoms. The topological polar surface area (TPSA) is 78.8 Å². The standard InChI is InChI=1S/C16H17NO4/c1-21-14-4-2-3-13(15(14)19)16(20)17-12-7-5-11(6-8-12)9-10-18/h2-8,18-19H,9-10H2,1H3,(H,17,20). The minimum absolute atomic E-state index is 0.0867. The van der Waals surface area contributed by atoms with Crippen molar-refractivity contribution >= 4 is 11.6 Å². The van der Waals surface area contributed by atoms with Crippen LogP contribution in [0, 0.1) is 0 Å². The highest BCUT2D eigenvalue weighted by atomic mass is 16.5. The van der Waals surface area contributed by atoms with Crippen molar-refractivity contribution in [3.05, 3.63) is 53.6 Å². The summed E-state index contributed by atoms with van der Waals surface area (Å²) in [7, 11) is 1.43. The largest absolute Gasteiger partial charge is 0.504 e. The first-order valence-corrected chi connectivity index (χ1v) is 6.53. The number of amides is 1. The number of carbonyl (C=O) groups excluding carboxylic acids is 1. The Bertz CT molecular complexity index is 623. The summed E-state index contributed by atoms with van der Waals surface area (Å²) in [6, 6.07) is 11.9. The number of anilines is 1. The maximum absolute atomic E-state index is 12.1. The molecule has 0 saturated carbocycles. The first kappa shape index (κ1) is 14.9. The molecule has 110 valence electrons. The molecule has 0 aliphatic carbocycles. The van der Waals surface area contributed by atoms with E-state index in [4.69, 9.17) is 9.84 Å². The van der Waals surface area contributed by atoms with Crippen LogP contribution in [0.4, 0.5) is 5.69 Å². The third-order valence-electron chi connectivity index (χ3n) is 3.08. The van der Waals surface area contributed by atoms with Crippen molar-refractivity contribution in [3.8, 4) is 11.5 Å². The molecule has 1 amide bonds. The maximum atomic E-state index is 12.1. The molecule has 5 nitrogen and oxygen atoms in total. The second-order valence-corrected chi connectivity index (χ2v) is 4.48. The van der Waals surface area contributed by atoms with Gasteiger partial charge in [-0.15, -0.1) is 0 Å². The minimum atomic E-state index is -0.415. The van der Waals surface area contributed by atoms with Gasteiger partial charge in [-0.05, 0) is 36.2 Å². The van der Waals surface area contributed by atoms with Gasteiger partial charge in [-0.2, -0.15) is 0 Å². The molecule has 2 aromatic carbocycles. The molecule has 0 fully saturated rings. The SMILES string of the molecule is COc1cccc(C(=O)Nc2ccc(CCO)cc2)c1O. The number of hydrogen-bond acceptors (Lipinski definition) is 4. The van der Waals surface area contributed by atoms with Crippen molar-refractivity contribution in [2.24, 2.45) is 0 Å². The lowest BCUT2D eigenvalue weighted by Gasteiger charge is -2.10. The number of rotatable bonds is 5. The molecular weight excluding hydrogens is 270 g/mol. The summed E-state index contributed by atoms with van der Waals surface area (Å²) in [5.41, 5.74) is 1.75. The Kier molecular flexibility index (Phi) is 4.79. The predicted octanol–water partition coefficient (Wildman–Crippen LogP) is 2.19. The summed E-state index contributed by atoms with van der Waals surface area (Å²) >= 11 is 0. The maximum Gasteiger partial charge on any atom is 0.259 e. The third-order valence-corrected chi connectivity index (χ3v) is 3.08. The number of aromatic hydroxyl groups is 1. The van der Waals surface area contributed by atoms with Gasteiger partial charge in [0.25, 0.3) is 5.91 Å². The number of ether oxygens (including phenoxy) is 1. The Balaban J connectivity index is 2.14. The molecule has 3 N–H and O–H groups in total. The number of carbonyl (C=O) groups is 1. The molecule has 0 bridgehead atoms. The zero-order chi connectivity index (χ0) is 15.2. The van der Waals surface area contributed by atoms with Crippen molar-refractivity contribution in [1.29, 1.82) is 0 Å². The summed E-state index contributed by atoms with van der Waals surface area (Å²) in [6.07, 6.45) is 0.574. The Hall–Kier alpha value is -2.53. The van der Waals surface area contributed by atoms with Crippen LogP contribution in [0.25, 0.3) is 0 Å². The van der Waals surface area contributed by atoms with Gasteiger partial charge < -0.3 is 20.3 Å². The number of para-hydroxylation sites is 1. The summed E-state index contributed by atoms with van der Waals surface area (Å²) in [4.78, 5) is 12.1. The van der Waals surface area contributed by atoms with Crippen molar-refractivity contribution < 1.29 is 19.7 Å². The number of phenols is 1. The molecule has 0 saturated heterocycles. The molecule has 0 atom stereocenters. The summed E-state index contributed by atoms with van der Waals surface area (Å²) in [6.45, 7) is 0.0867. The summed E-state index contributed by atoms with van der Waals surface area (Å²) in [5.74, 6) is -0.350.